The van der Waals surface area contributed by atoms with Gasteiger partial charge in [0.05, 0.1) is 6.10 Å². The first-order chi connectivity index (χ1) is 12.6. The lowest BCUT2D eigenvalue weighted by molar-refractivity contribution is -0.0601. The Morgan fingerprint density at radius 3 is 2.27 bits per heavy atom. The van der Waals surface area contributed by atoms with E-state index in [4.69, 9.17) is 4.74 Å². The Balaban J connectivity index is 1.22. The zero-order chi connectivity index (χ0) is 18.4. The van der Waals surface area contributed by atoms with E-state index in [0.29, 0.717) is 6.10 Å². The number of rotatable bonds is 9. The summed E-state index contributed by atoms with van der Waals surface area (Å²) in [5.74, 6) is 0.764. The van der Waals surface area contributed by atoms with E-state index < -0.39 is 0 Å². The van der Waals surface area contributed by atoms with Crippen LogP contribution in [0, 0.1) is 12.8 Å². The second-order valence-electron chi connectivity index (χ2n) is 8.56. The van der Waals surface area contributed by atoms with E-state index in [9.17, 15) is 0 Å². The van der Waals surface area contributed by atoms with Gasteiger partial charge in [-0.05, 0) is 24.8 Å². The average molecular weight is 360 g/mol. The molecule has 0 spiro atoms. The van der Waals surface area contributed by atoms with Crippen molar-refractivity contribution in [2.45, 2.75) is 39.8 Å². The number of likely N-dealkylation sites (tertiary alicyclic amines) is 1. The summed E-state index contributed by atoms with van der Waals surface area (Å²) in [6.45, 7) is 18.1. The Morgan fingerprint density at radius 2 is 1.62 bits per heavy atom. The van der Waals surface area contributed by atoms with Crippen LogP contribution in [0.2, 0.25) is 0 Å². The molecule has 26 heavy (non-hydrogen) atoms. The first kappa shape index (κ1) is 19.8. The summed E-state index contributed by atoms with van der Waals surface area (Å²) in [5, 5.41) is 0. The second-order valence-corrected chi connectivity index (χ2v) is 8.56. The minimum Gasteiger partial charge on any atom is -0.376 e. The molecule has 4 heteroatoms. The maximum Gasteiger partial charge on any atom is 0.0828 e. The fourth-order valence-corrected chi connectivity index (χ4v) is 3.95. The van der Waals surface area contributed by atoms with Gasteiger partial charge in [-0.1, -0.05) is 43.7 Å². The molecule has 0 saturated carbocycles. The Morgan fingerprint density at radius 1 is 0.962 bits per heavy atom. The average Bonchev–Trinajstić information content (AvgIpc) is 2.59. The van der Waals surface area contributed by atoms with Gasteiger partial charge in [0.15, 0.2) is 0 Å². The quantitative estimate of drug-likeness (QED) is 0.631. The molecule has 2 aliphatic rings. The molecule has 2 saturated heterocycles. The molecule has 0 aliphatic carbocycles. The molecule has 2 fully saturated rings. The van der Waals surface area contributed by atoms with E-state index in [0.717, 1.165) is 32.2 Å². The van der Waals surface area contributed by atoms with Gasteiger partial charge in [-0.25, -0.2) is 0 Å². The molecule has 1 aromatic carbocycles. The van der Waals surface area contributed by atoms with E-state index in [1.807, 2.05) is 0 Å². The van der Waals surface area contributed by atoms with Gasteiger partial charge in [0.1, 0.15) is 0 Å². The molecule has 0 aromatic heterocycles. The highest BCUT2D eigenvalue weighted by atomic mass is 16.5. The van der Waals surface area contributed by atoms with Gasteiger partial charge in [0.2, 0.25) is 0 Å². The maximum absolute atomic E-state index is 6.01. The van der Waals surface area contributed by atoms with Crippen LogP contribution in [0.4, 0.5) is 0 Å². The van der Waals surface area contributed by atoms with Gasteiger partial charge in [-0.15, -0.1) is 0 Å². The number of benzene rings is 1. The molecule has 146 valence electrons. The number of hydrogen-bond acceptors (Lipinski definition) is 4. The normalized spacial score (nSPS) is 20.6. The fraction of sp³-hybridized carbons (Fsp3) is 0.727. The fourth-order valence-electron chi connectivity index (χ4n) is 3.95. The molecular formula is C22H37N3O. The van der Waals surface area contributed by atoms with Crippen LogP contribution in [0.25, 0.3) is 0 Å². The van der Waals surface area contributed by atoms with Gasteiger partial charge < -0.3 is 9.64 Å². The van der Waals surface area contributed by atoms with Crippen molar-refractivity contribution in [2.24, 2.45) is 5.92 Å². The summed E-state index contributed by atoms with van der Waals surface area (Å²) >= 11 is 0. The first-order valence-electron chi connectivity index (χ1n) is 10.4. The summed E-state index contributed by atoms with van der Waals surface area (Å²) in [6.07, 6.45) is 1.65. The predicted octanol–water partition coefficient (Wildman–Crippen LogP) is 2.86. The van der Waals surface area contributed by atoms with Crippen LogP contribution in [0.5, 0.6) is 0 Å². The molecule has 4 nitrogen and oxygen atoms in total. The van der Waals surface area contributed by atoms with E-state index in [-0.39, 0.29) is 0 Å². The Bertz CT molecular complexity index is 517. The van der Waals surface area contributed by atoms with Crippen molar-refractivity contribution in [3.05, 3.63) is 35.4 Å². The van der Waals surface area contributed by atoms with Crippen molar-refractivity contribution in [2.75, 3.05) is 59.0 Å². The molecule has 2 heterocycles. The molecule has 3 rings (SSSR count). The van der Waals surface area contributed by atoms with Crippen LogP contribution in [-0.2, 0) is 11.3 Å². The number of ether oxygens (including phenoxy) is 1. The van der Waals surface area contributed by atoms with Gasteiger partial charge >= 0.3 is 0 Å². The third-order valence-corrected chi connectivity index (χ3v) is 5.51. The predicted molar refractivity (Wildman–Crippen MR) is 109 cm³/mol. The van der Waals surface area contributed by atoms with E-state index >= 15 is 0 Å². The lowest BCUT2D eigenvalue weighted by Gasteiger charge is -2.40. The third kappa shape index (κ3) is 6.34. The van der Waals surface area contributed by atoms with E-state index in [1.165, 1.54) is 56.8 Å². The lowest BCUT2D eigenvalue weighted by Crippen LogP contribution is -2.53. The minimum atomic E-state index is 0.486. The molecule has 2 aliphatic heterocycles. The maximum atomic E-state index is 6.01. The molecule has 0 amide bonds. The smallest absolute Gasteiger partial charge is 0.0828 e. The summed E-state index contributed by atoms with van der Waals surface area (Å²) in [6, 6.07) is 8.97. The van der Waals surface area contributed by atoms with E-state index in [1.54, 1.807) is 0 Å². The topological polar surface area (TPSA) is 19.0 Å². The number of hydrogen-bond donors (Lipinski definition) is 0. The zero-order valence-electron chi connectivity index (χ0n) is 17.0. The first-order valence-corrected chi connectivity index (χ1v) is 10.4. The molecule has 1 aromatic rings. The number of aryl methyl sites for hydroxylation is 1. The number of piperazine rings is 1. The third-order valence-electron chi connectivity index (χ3n) is 5.51. The summed E-state index contributed by atoms with van der Waals surface area (Å²) < 4.78 is 6.01. The molecule has 0 atom stereocenters. The van der Waals surface area contributed by atoms with Crippen molar-refractivity contribution >= 4 is 0 Å². The molecule has 0 radical (unpaired) electrons. The number of nitrogens with zero attached hydrogens (tertiary/aromatic N) is 3. The highest BCUT2D eigenvalue weighted by Crippen LogP contribution is 2.14. The minimum absolute atomic E-state index is 0.486. The van der Waals surface area contributed by atoms with Gasteiger partial charge in [0, 0.05) is 65.5 Å². The largest absolute Gasteiger partial charge is 0.376 e. The van der Waals surface area contributed by atoms with Crippen LogP contribution in [0.15, 0.2) is 24.3 Å². The molecule has 0 unspecified atom stereocenters. The van der Waals surface area contributed by atoms with Crippen molar-refractivity contribution in [1.29, 1.82) is 0 Å². The van der Waals surface area contributed by atoms with Crippen LogP contribution in [-0.4, -0.2) is 79.8 Å². The van der Waals surface area contributed by atoms with Gasteiger partial charge in [-0.2, -0.15) is 0 Å². The van der Waals surface area contributed by atoms with Crippen LogP contribution >= 0.6 is 0 Å². The standard InChI is InChI=1S/C22H37N3O/c1-19(2)15-25-17-22(18-25)26-14-4-9-23-10-12-24(13-11-23)16-21-7-5-20(3)6-8-21/h5-8,19,22H,4,9-18H2,1-3H3. The van der Waals surface area contributed by atoms with Crippen LogP contribution in [0.3, 0.4) is 0 Å². The SMILES string of the molecule is Cc1ccc(CN2CCN(CCCOC3CN(CC(C)C)C3)CC2)cc1. The van der Waals surface area contributed by atoms with E-state index in [2.05, 4.69) is 59.7 Å². The van der Waals surface area contributed by atoms with Crippen molar-refractivity contribution in [3.63, 3.8) is 0 Å². The zero-order valence-corrected chi connectivity index (χ0v) is 17.0. The Kier molecular flexibility index (Phi) is 7.50. The van der Waals surface area contributed by atoms with Crippen LogP contribution in [0.1, 0.15) is 31.4 Å². The van der Waals surface area contributed by atoms with Crippen molar-refractivity contribution in [3.8, 4) is 0 Å². The molecular weight excluding hydrogens is 322 g/mol. The van der Waals surface area contributed by atoms with Crippen molar-refractivity contribution < 1.29 is 4.74 Å². The van der Waals surface area contributed by atoms with Crippen LogP contribution < -0.4 is 0 Å². The van der Waals surface area contributed by atoms with Gasteiger partial charge in [0.25, 0.3) is 0 Å². The summed E-state index contributed by atoms with van der Waals surface area (Å²) in [5.41, 5.74) is 2.78. The molecule has 0 bridgehead atoms. The van der Waals surface area contributed by atoms with Crippen molar-refractivity contribution in [1.82, 2.24) is 14.7 Å². The second kappa shape index (κ2) is 9.84. The summed E-state index contributed by atoms with van der Waals surface area (Å²) in [7, 11) is 0. The van der Waals surface area contributed by atoms with Gasteiger partial charge in [-0.3, -0.25) is 9.80 Å². The Labute approximate surface area is 160 Å². The molecule has 0 N–H and O–H groups in total. The lowest BCUT2D eigenvalue weighted by atomic mass is 10.1. The highest BCUT2D eigenvalue weighted by molar-refractivity contribution is 5.21. The monoisotopic (exact) mass is 359 g/mol. The summed E-state index contributed by atoms with van der Waals surface area (Å²) in [4.78, 5) is 7.68. The Hall–Kier alpha value is -0.940. The highest BCUT2D eigenvalue weighted by Gasteiger charge is 2.27.